The third-order valence-electron chi connectivity index (χ3n) is 10.2. The summed E-state index contributed by atoms with van der Waals surface area (Å²) in [6.07, 6.45) is -4.95. The number of carbonyl (C=O) groups is 1. The fourth-order valence-corrected chi connectivity index (χ4v) is 11.1. The number of benzene rings is 3. The van der Waals surface area contributed by atoms with E-state index in [1.54, 1.807) is 12.1 Å². The molecule has 4 fully saturated rings. The quantitative estimate of drug-likeness (QED) is 0.163. The fourth-order valence-electron chi connectivity index (χ4n) is 8.18. The summed E-state index contributed by atoms with van der Waals surface area (Å²) in [6.45, 7) is 0.571. The first-order valence-electron chi connectivity index (χ1n) is 15.6. The second kappa shape index (κ2) is 12.0. The molecule has 2 atom stereocenters. The maximum Gasteiger partial charge on any atom is 0.431 e. The van der Waals surface area contributed by atoms with Crippen LogP contribution in [-0.4, -0.2) is 36.5 Å². The number of hydrogen-bond acceptors (Lipinski definition) is 3. The Bertz CT molecular complexity index is 1420. The zero-order valence-electron chi connectivity index (χ0n) is 25.4. The molecule has 2 unspecified atom stereocenters. The van der Waals surface area contributed by atoms with E-state index < -0.39 is 45.7 Å². The molecule has 4 aliphatic carbocycles. The van der Waals surface area contributed by atoms with Crippen LogP contribution in [0, 0.1) is 23.2 Å². The van der Waals surface area contributed by atoms with Crippen molar-refractivity contribution in [2.75, 3.05) is 6.26 Å². The highest BCUT2D eigenvalue weighted by Crippen LogP contribution is 2.65. The minimum atomic E-state index is -5.46. The number of rotatable bonds is 10. The summed E-state index contributed by atoms with van der Waals surface area (Å²) < 4.78 is 84.0. The van der Waals surface area contributed by atoms with E-state index in [0.29, 0.717) is 24.8 Å². The molecule has 4 aliphatic rings. The van der Waals surface area contributed by atoms with Crippen molar-refractivity contribution in [3.63, 3.8) is 0 Å². The van der Waals surface area contributed by atoms with Gasteiger partial charge in [-0.25, -0.2) is 0 Å². The summed E-state index contributed by atoms with van der Waals surface area (Å²) in [5, 5.41) is 0. The predicted octanol–water partition coefficient (Wildman–Crippen LogP) is 9.83. The first-order valence-corrected chi connectivity index (χ1v) is 17.6. The van der Waals surface area contributed by atoms with Gasteiger partial charge in [0.1, 0.15) is 6.10 Å². The van der Waals surface area contributed by atoms with Crippen LogP contribution in [0.2, 0.25) is 0 Å². The van der Waals surface area contributed by atoms with Crippen LogP contribution in [-0.2, 0) is 20.9 Å². The first kappa shape index (κ1) is 32.0. The number of halogens is 5. The Labute approximate surface area is 262 Å². The van der Waals surface area contributed by atoms with Gasteiger partial charge < -0.3 is 9.47 Å². The Morgan fingerprint density at radius 2 is 1.29 bits per heavy atom. The Morgan fingerprint density at radius 1 is 0.800 bits per heavy atom. The van der Waals surface area contributed by atoms with E-state index in [0.717, 1.165) is 40.9 Å². The number of alkyl halides is 5. The summed E-state index contributed by atoms with van der Waals surface area (Å²) in [6, 6.07) is 27.3. The molecule has 4 saturated carbocycles. The van der Waals surface area contributed by atoms with Gasteiger partial charge >= 0.3 is 18.1 Å². The zero-order valence-corrected chi connectivity index (χ0v) is 26.3. The molecule has 0 saturated heterocycles. The average molecular weight is 647 g/mol. The molecule has 7 rings (SSSR count). The highest BCUT2D eigenvalue weighted by molar-refractivity contribution is 8.33. The molecule has 3 nitrogen and oxygen atoms in total. The number of esters is 1. The number of ether oxygens (including phenoxy) is 2. The smallest absolute Gasteiger partial charge is 0.431 e. The molecule has 242 valence electrons. The highest BCUT2D eigenvalue weighted by atomic mass is 32.3. The van der Waals surface area contributed by atoms with Gasteiger partial charge in [-0.3, -0.25) is 4.79 Å². The lowest BCUT2D eigenvalue weighted by atomic mass is 9.49. The fraction of sp³-hybridized carbons (Fsp3) is 0.472. The summed E-state index contributed by atoms with van der Waals surface area (Å²) in [5.74, 6) is -4.88. The summed E-state index contributed by atoms with van der Waals surface area (Å²) in [7, 11) is -1.74. The van der Waals surface area contributed by atoms with Crippen molar-refractivity contribution in [3.05, 3.63) is 90.5 Å². The number of hydrogen-bond donors (Lipinski definition) is 0. The second-order valence-corrected chi connectivity index (χ2v) is 16.6. The predicted molar refractivity (Wildman–Crippen MR) is 163 cm³/mol. The van der Waals surface area contributed by atoms with Gasteiger partial charge in [-0.05, 0) is 126 Å². The topological polar surface area (TPSA) is 35.5 Å². The molecular weight excluding hydrogens is 607 g/mol. The minimum absolute atomic E-state index is 0.249. The van der Waals surface area contributed by atoms with Crippen LogP contribution in [0.15, 0.2) is 99.6 Å². The van der Waals surface area contributed by atoms with Crippen LogP contribution < -0.4 is 0 Å². The molecule has 0 heterocycles. The van der Waals surface area contributed by atoms with Crippen LogP contribution in [0.4, 0.5) is 22.0 Å². The lowest BCUT2D eigenvalue weighted by Crippen LogP contribution is -2.57. The van der Waals surface area contributed by atoms with Crippen molar-refractivity contribution < 1.29 is 36.2 Å². The molecule has 0 N–H and O–H groups in total. The Kier molecular flexibility index (Phi) is 8.57. The molecule has 0 spiro atoms. The van der Waals surface area contributed by atoms with Gasteiger partial charge in [0.25, 0.3) is 6.10 Å². The van der Waals surface area contributed by atoms with Crippen LogP contribution in [0.1, 0.15) is 51.0 Å². The zero-order chi connectivity index (χ0) is 32.0. The lowest BCUT2D eigenvalue weighted by molar-refractivity contribution is -0.303. The molecule has 45 heavy (non-hydrogen) atoms. The Balaban J connectivity index is 1.20. The van der Waals surface area contributed by atoms with Gasteiger partial charge in [-0.1, -0.05) is 48.5 Å². The van der Waals surface area contributed by atoms with Crippen LogP contribution in [0.5, 0.6) is 0 Å². The normalized spacial score (nSPS) is 26.3. The maximum atomic E-state index is 15.6. The van der Waals surface area contributed by atoms with E-state index in [1.807, 2.05) is 48.5 Å². The molecular formula is C36H39F5O3S. The minimum Gasteiger partial charge on any atom is -0.446 e. The van der Waals surface area contributed by atoms with Crippen LogP contribution >= 0.6 is 10.0 Å². The molecule has 0 amide bonds. The van der Waals surface area contributed by atoms with E-state index in [1.165, 1.54) is 0 Å². The summed E-state index contributed by atoms with van der Waals surface area (Å²) in [4.78, 5) is 16.4. The molecule has 3 aromatic rings. The van der Waals surface area contributed by atoms with E-state index in [9.17, 15) is 18.0 Å². The van der Waals surface area contributed by atoms with Gasteiger partial charge in [0.2, 0.25) is 0 Å². The highest BCUT2D eigenvalue weighted by Gasteiger charge is 2.64. The molecule has 0 radical (unpaired) electrons. The van der Waals surface area contributed by atoms with Crippen molar-refractivity contribution in [3.8, 4) is 0 Å². The molecule has 0 aromatic heterocycles. The SMILES string of the molecule is CC(OCc1cccc(S(C)(c2ccccc2)c2ccccc2)c1)C(F)(F)C(OC(=O)C12CC3CC(CC(C3)C1)C2)C(F)(F)F. The Morgan fingerprint density at radius 3 is 1.78 bits per heavy atom. The Hall–Kier alpha value is -2.91. The monoisotopic (exact) mass is 646 g/mol. The first-order chi connectivity index (χ1) is 21.3. The van der Waals surface area contributed by atoms with Gasteiger partial charge in [-0.15, -0.1) is 0 Å². The maximum absolute atomic E-state index is 15.6. The standard InChI is InChI=1S/C36H39F5O3S/c1-24(35(37,38)32(36(39,40)41)44-33(42)34-20-26-16-27(21-34)18-28(17-26)22-34)43-23-25-10-9-15-31(19-25)45(2,29-11-5-3-6-12-29)30-13-7-4-8-14-30/h3-15,19,24,26-28,32H,16-18,20-23H2,1-2H3. The second-order valence-electron chi connectivity index (χ2n) is 13.3. The lowest BCUT2D eigenvalue weighted by Gasteiger charge is -2.55. The third-order valence-corrected chi connectivity index (χ3v) is 13.8. The van der Waals surface area contributed by atoms with E-state index >= 15 is 8.78 Å². The molecule has 4 bridgehead atoms. The van der Waals surface area contributed by atoms with Crippen molar-refractivity contribution in [1.29, 1.82) is 0 Å². The van der Waals surface area contributed by atoms with Crippen LogP contribution in [0.3, 0.4) is 0 Å². The third kappa shape index (κ3) is 6.14. The molecule has 3 aromatic carbocycles. The average Bonchev–Trinajstić information content (AvgIpc) is 3.01. The summed E-state index contributed by atoms with van der Waals surface area (Å²) in [5.41, 5.74) is -0.541. The largest absolute Gasteiger partial charge is 0.446 e. The van der Waals surface area contributed by atoms with E-state index in [2.05, 4.69) is 30.5 Å². The van der Waals surface area contributed by atoms with Gasteiger partial charge in [-0.2, -0.15) is 32.0 Å². The van der Waals surface area contributed by atoms with Gasteiger partial charge in [0.05, 0.1) is 12.0 Å². The van der Waals surface area contributed by atoms with Crippen LogP contribution in [0.25, 0.3) is 0 Å². The molecule has 9 heteroatoms. The molecule has 0 aliphatic heterocycles. The van der Waals surface area contributed by atoms with Crippen molar-refractivity contribution in [2.45, 2.75) is 91.0 Å². The van der Waals surface area contributed by atoms with E-state index in [-0.39, 0.29) is 24.4 Å². The van der Waals surface area contributed by atoms with Crippen molar-refractivity contribution in [1.82, 2.24) is 0 Å². The van der Waals surface area contributed by atoms with Crippen molar-refractivity contribution >= 4 is 16.0 Å². The summed E-state index contributed by atoms with van der Waals surface area (Å²) >= 11 is 0. The van der Waals surface area contributed by atoms with Gasteiger partial charge in [0, 0.05) is 0 Å². The van der Waals surface area contributed by atoms with E-state index in [4.69, 9.17) is 9.47 Å². The van der Waals surface area contributed by atoms with Crippen molar-refractivity contribution in [2.24, 2.45) is 23.2 Å². The van der Waals surface area contributed by atoms with Gasteiger partial charge in [0.15, 0.2) is 0 Å². The number of carbonyl (C=O) groups excluding carboxylic acids is 1.